The van der Waals surface area contributed by atoms with Gasteiger partial charge in [0.05, 0.1) is 13.2 Å². The quantitative estimate of drug-likeness (QED) is 0.847. The number of benzene rings is 2. The van der Waals surface area contributed by atoms with E-state index in [1.54, 1.807) is 0 Å². The first kappa shape index (κ1) is 16.5. The van der Waals surface area contributed by atoms with Crippen LogP contribution in [0.1, 0.15) is 24.2 Å². The second-order valence-electron chi connectivity index (χ2n) is 5.90. The van der Waals surface area contributed by atoms with Crippen LogP contribution in [-0.4, -0.2) is 37.1 Å². The minimum absolute atomic E-state index is 0.00111. The first-order valence-corrected chi connectivity index (χ1v) is 8.42. The van der Waals surface area contributed by atoms with E-state index in [-0.39, 0.29) is 18.6 Å². The highest BCUT2D eigenvalue weighted by molar-refractivity contribution is 5.78. The molecule has 1 fully saturated rings. The van der Waals surface area contributed by atoms with Crippen molar-refractivity contribution in [1.82, 2.24) is 4.90 Å². The predicted octanol–water partition coefficient (Wildman–Crippen LogP) is 3.23. The van der Waals surface area contributed by atoms with Gasteiger partial charge in [0.2, 0.25) is 0 Å². The molecule has 2 aromatic carbocycles. The summed E-state index contributed by atoms with van der Waals surface area (Å²) in [5, 5.41) is 0. The molecule has 0 saturated carbocycles. The number of amides is 1. The van der Waals surface area contributed by atoms with Crippen molar-refractivity contribution in [2.24, 2.45) is 0 Å². The Bertz CT molecular complexity index is 654. The van der Waals surface area contributed by atoms with Crippen molar-refractivity contribution in [3.8, 4) is 5.75 Å². The minimum atomic E-state index is -0.0623. The molecule has 0 aromatic heterocycles. The number of rotatable bonds is 5. The predicted molar refractivity (Wildman–Crippen MR) is 93.0 cm³/mol. The molecule has 1 aliphatic rings. The van der Waals surface area contributed by atoms with E-state index in [0.29, 0.717) is 19.7 Å². The third-order valence-corrected chi connectivity index (χ3v) is 4.28. The lowest BCUT2D eigenvalue weighted by Gasteiger charge is -2.33. The van der Waals surface area contributed by atoms with Crippen LogP contribution in [0.15, 0.2) is 54.6 Å². The fourth-order valence-corrected chi connectivity index (χ4v) is 2.80. The Hall–Kier alpha value is -2.33. The maximum absolute atomic E-state index is 12.4. The summed E-state index contributed by atoms with van der Waals surface area (Å²) in [5.74, 6) is 0.729. The van der Waals surface area contributed by atoms with Gasteiger partial charge in [0.1, 0.15) is 11.9 Å². The van der Waals surface area contributed by atoms with Crippen LogP contribution in [0.5, 0.6) is 5.75 Å². The fraction of sp³-hybridized carbons (Fsp3) is 0.350. The van der Waals surface area contributed by atoms with Gasteiger partial charge in [0.25, 0.3) is 5.91 Å². The SMILES string of the molecule is CCc1ccc(OCC(=O)N2CCOC(c3ccccc3)C2)cc1. The van der Waals surface area contributed by atoms with E-state index in [0.717, 1.165) is 17.7 Å². The van der Waals surface area contributed by atoms with Crippen LogP contribution in [0.25, 0.3) is 0 Å². The molecule has 4 nitrogen and oxygen atoms in total. The highest BCUT2D eigenvalue weighted by Crippen LogP contribution is 2.22. The van der Waals surface area contributed by atoms with Gasteiger partial charge in [-0.3, -0.25) is 4.79 Å². The van der Waals surface area contributed by atoms with Gasteiger partial charge in [-0.25, -0.2) is 0 Å². The Kier molecular flexibility index (Phi) is 5.49. The molecule has 1 heterocycles. The van der Waals surface area contributed by atoms with Crippen LogP contribution < -0.4 is 4.74 Å². The fourth-order valence-electron chi connectivity index (χ4n) is 2.80. The van der Waals surface area contributed by atoms with Crippen LogP contribution in [0.2, 0.25) is 0 Å². The van der Waals surface area contributed by atoms with E-state index < -0.39 is 0 Å². The van der Waals surface area contributed by atoms with Gasteiger partial charge in [0.15, 0.2) is 6.61 Å². The Balaban J connectivity index is 1.54. The molecule has 1 unspecified atom stereocenters. The summed E-state index contributed by atoms with van der Waals surface area (Å²) in [4.78, 5) is 14.2. The zero-order chi connectivity index (χ0) is 16.8. The molecule has 3 rings (SSSR count). The lowest BCUT2D eigenvalue weighted by molar-refractivity contribution is -0.141. The lowest BCUT2D eigenvalue weighted by Crippen LogP contribution is -2.44. The number of aryl methyl sites for hydroxylation is 1. The minimum Gasteiger partial charge on any atom is -0.484 e. The summed E-state index contributed by atoms with van der Waals surface area (Å²) in [6.45, 7) is 3.91. The van der Waals surface area contributed by atoms with Crippen LogP contribution >= 0.6 is 0 Å². The monoisotopic (exact) mass is 325 g/mol. The summed E-state index contributed by atoms with van der Waals surface area (Å²) in [5.41, 5.74) is 2.36. The Morgan fingerprint density at radius 3 is 2.62 bits per heavy atom. The van der Waals surface area contributed by atoms with E-state index in [1.165, 1.54) is 5.56 Å². The third-order valence-electron chi connectivity index (χ3n) is 4.28. The highest BCUT2D eigenvalue weighted by Gasteiger charge is 2.25. The summed E-state index contributed by atoms with van der Waals surface area (Å²) in [7, 11) is 0. The van der Waals surface area contributed by atoms with E-state index in [4.69, 9.17) is 9.47 Å². The second kappa shape index (κ2) is 7.97. The summed E-state index contributed by atoms with van der Waals surface area (Å²) >= 11 is 0. The summed E-state index contributed by atoms with van der Waals surface area (Å²) in [6.07, 6.45) is 0.932. The average molecular weight is 325 g/mol. The topological polar surface area (TPSA) is 38.8 Å². The zero-order valence-electron chi connectivity index (χ0n) is 14.0. The van der Waals surface area contributed by atoms with Crippen molar-refractivity contribution in [1.29, 1.82) is 0 Å². The van der Waals surface area contributed by atoms with Crippen LogP contribution in [0.4, 0.5) is 0 Å². The molecule has 0 spiro atoms. The van der Waals surface area contributed by atoms with Crippen molar-refractivity contribution in [3.05, 3.63) is 65.7 Å². The number of carbonyl (C=O) groups excluding carboxylic acids is 1. The largest absolute Gasteiger partial charge is 0.484 e. The molecule has 1 saturated heterocycles. The Morgan fingerprint density at radius 2 is 1.92 bits per heavy atom. The third kappa shape index (κ3) is 4.15. The molecule has 2 aromatic rings. The molecular formula is C20H23NO3. The molecule has 4 heteroatoms. The van der Waals surface area contributed by atoms with Gasteiger partial charge >= 0.3 is 0 Å². The number of carbonyl (C=O) groups is 1. The van der Waals surface area contributed by atoms with Crippen molar-refractivity contribution in [3.63, 3.8) is 0 Å². The summed E-state index contributed by atoms with van der Waals surface area (Å²) in [6, 6.07) is 17.9. The van der Waals surface area contributed by atoms with E-state index in [9.17, 15) is 4.79 Å². The standard InChI is InChI=1S/C20H23NO3/c1-2-16-8-10-18(11-9-16)24-15-20(22)21-12-13-23-19(14-21)17-6-4-3-5-7-17/h3-11,19H,2,12-15H2,1H3. The lowest BCUT2D eigenvalue weighted by atomic mass is 10.1. The number of morpholine rings is 1. The number of nitrogens with zero attached hydrogens (tertiary/aromatic N) is 1. The van der Waals surface area contributed by atoms with Crippen molar-refractivity contribution < 1.29 is 14.3 Å². The molecular weight excluding hydrogens is 302 g/mol. The number of hydrogen-bond acceptors (Lipinski definition) is 3. The molecule has 0 N–H and O–H groups in total. The van der Waals surface area contributed by atoms with Gasteiger partial charge in [-0.15, -0.1) is 0 Å². The van der Waals surface area contributed by atoms with Crippen molar-refractivity contribution in [2.75, 3.05) is 26.3 Å². The van der Waals surface area contributed by atoms with Gasteiger partial charge in [-0.1, -0.05) is 49.4 Å². The Morgan fingerprint density at radius 1 is 1.17 bits per heavy atom. The molecule has 24 heavy (non-hydrogen) atoms. The first-order chi connectivity index (χ1) is 11.8. The van der Waals surface area contributed by atoms with Crippen LogP contribution in [0, 0.1) is 0 Å². The van der Waals surface area contributed by atoms with Gasteiger partial charge in [0, 0.05) is 6.54 Å². The van der Waals surface area contributed by atoms with Crippen molar-refractivity contribution >= 4 is 5.91 Å². The molecule has 1 amide bonds. The van der Waals surface area contributed by atoms with Crippen molar-refractivity contribution in [2.45, 2.75) is 19.4 Å². The zero-order valence-corrected chi connectivity index (χ0v) is 14.0. The molecule has 0 radical (unpaired) electrons. The number of ether oxygens (including phenoxy) is 2. The van der Waals surface area contributed by atoms with Gasteiger partial charge in [-0.05, 0) is 29.7 Å². The molecule has 1 aliphatic heterocycles. The van der Waals surface area contributed by atoms with Gasteiger partial charge < -0.3 is 14.4 Å². The maximum Gasteiger partial charge on any atom is 0.260 e. The highest BCUT2D eigenvalue weighted by atomic mass is 16.5. The first-order valence-electron chi connectivity index (χ1n) is 8.42. The smallest absolute Gasteiger partial charge is 0.260 e. The van der Waals surface area contributed by atoms with E-state index >= 15 is 0 Å². The average Bonchev–Trinajstić information content (AvgIpc) is 2.67. The normalized spacial score (nSPS) is 17.5. The van der Waals surface area contributed by atoms with Crippen LogP contribution in [-0.2, 0) is 16.0 Å². The molecule has 0 aliphatic carbocycles. The molecule has 0 bridgehead atoms. The van der Waals surface area contributed by atoms with Crippen LogP contribution in [0.3, 0.4) is 0 Å². The molecule has 126 valence electrons. The second-order valence-corrected chi connectivity index (χ2v) is 5.90. The summed E-state index contributed by atoms with van der Waals surface area (Å²) < 4.78 is 11.4. The Labute approximate surface area is 143 Å². The van der Waals surface area contributed by atoms with Gasteiger partial charge in [-0.2, -0.15) is 0 Å². The maximum atomic E-state index is 12.4. The van der Waals surface area contributed by atoms with E-state index in [1.807, 2.05) is 59.5 Å². The number of hydrogen-bond donors (Lipinski definition) is 0. The molecule has 1 atom stereocenters. The van der Waals surface area contributed by atoms with E-state index in [2.05, 4.69) is 6.92 Å².